The first-order chi connectivity index (χ1) is 8.29. The molecule has 0 fully saturated rings. The van der Waals surface area contributed by atoms with Crippen molar-refractivity contribution in [3.8, 4) is 11.8 Å². The van der Waals surface area contributed by atoms with Crippen LogP contribution in [0.4, 0.5) is 0 Å². The summed E-state index contributed by atoms with van der Waals surface area (Å²) in [4.78, 5) is 1.51. The third-order valence-electron chi connectivity index (χ3n) is 2.95. The van der Waals surface area contributed by atoms with E-state index in [1.807, 2.05) is 18.7 Å². The molecule has 0 heterocycles. The molecule has 2 rings (SSSR count). The Balaban J connectivity index is 2.02. The van der Waals surface area contributed by atoms with Crippen LogP contribution in [-0.4, -0.2) is 0 Å². The van der Waals surface area contributed by atoms with Crippen molar-refractivity contribution >= 4 is 11.8 Å². The number of hydrogen-bond donors (Lipinski definition) is 0. The van der Waals surface area contributed by atoms with Crippen LogP contribution in [0.2, 0.25) is 0 Å². The molecule has 0 N–H and O–H groups in total. The maximum absolute atomic E-state index is 3.27. The van der Waals surface area contributed by atoms with Gasteiger partial charge in [-0.05, 0) is 36.2 Å². The lowest BCUT2D eigenvalue weighted by Crippen LogP contribution is -1.84. The molecule has 1 aromatic rings. The van der Waals surface area contributed by atoms with Crippen molar-refractivity contribution in [2.45, 2.75) is 32.4 Å². The quantitative estimate of drug-likeness (QED) is 0.697. The second-order valence-corrected chi connectivity index (χ2v) is 5.63. The Labute approximate surface area is 109 Å². The van der Waals surface area contributed by atoms with Crippen LogP contribution < -0.4 is 0 Å². The van der Waals surface area contributed by atoms with Crippen LogP contribution in [-0.2, 0) is 5.75 Å². The van der Waals surface area contributed by atoms with Gasteiger partial charge < -0.3 is 0 Å². The highest BCUT2D eigenvalue weighted by molar-refractivity contribution is 8.02. The predicted molar refractivity (Wildman–Crippen MR) is 76.6 cm³/mol. The van der Waals surface area contributed by atoms with Crippen LogP contribution in [0.25, 0.3) is 0 Å². The molecule has 1 aliphatic rings. The minimum absolute atomic E-state index is 0.768. The number of hydrogen-bond acceptors (Lipinski definition) is 1. The molecular formula is C16H18S. The summed E-state index contributed by atoms with van der Waals surface area (Å²) >= 11 is 1.97. The normalized spacial score (nSPS) is 19.1. The summed E-state index contributed by atoms with van der Waals surface area (Å²) in [6.07, 6.45) is 2.37. The first kappa shape index (κ1) is 12.3. The molecule has 0 aromatic heterocycles. The predicted octanol–water partition coefficient (Wildman–Crippen LogP) is 4.63. The standard InChI is InChI=1S/C16H18S/c1-3-7-15-10-13(2)11-16(15)17-12-14-8-5-4-6-9-14/h4-6,8-9,13H,10-12H2,1-2H3. The Hall–Kier alpha value is -1.13. The molecule has 0 radical (unpaired) electrons. The van der Waals surface area contributed by atoms with Gasteiger partial charge in [0, 0.05) is 11.3 Å². The molecule has 0 amide bonds. The van der Waals surface area contributed by atoms with Crippen molar-refractivity contribution in [1.29, 1.82) is 0 Å². The highest BCUT2D eigenvalue weighted by Gasteiger charge is 2.19. The maximum Gasteiger partial charge on any atom is 0.0229 e. The molecule has 1 aliphatic carbocycles. The zero-order valence-corrected chi connectivity index (χ0v) is 11.3. The van der Waals surface area contributed by atoms with Gasteiger partial charge in [0.05, 0.1) is 0 Å². The van der Waals surface area contributed by atoms with Crippen LogP contribution >= 0.6 is 11.8 Å². The fourth-order valence-electron chi connectivity index (χ4n) is 2.14. The molecule has 17 heavy (non-hydrogen) atoms. The summed E-state index contributed by atoms with van der Waals surface area (Å²) in [6.45, 7) is 4.24. The van der Waals surface area contributed by atoms with Gasteiger partial charge >= 0.3 is 0 Å². The van der Waals surface area contributed by atoms with Crippen molar-refractivity contribution in [1.82, 2.24) is 0 Å². The molecule has 1 heteroatoms. The fraction of sp³-hybridized carbons (Fsp3) is 0.375. The lowest BCUT2D eigenvalue weighted by atomic mass is 10.1. The molecule has 1 atom stereocenters. The van der Waals surface area contributed by atoms with Gasteiger partial charge in [-0.2, -0.15) is 0 Å². The summed E-state index contributed by atoms with van der Waals surface area (Å²) in [7, 11) is 0. The average molecular weight is 242 g/mol. The summed E-state index contributed by atoms with van der Waals surface area (Å²) in [5.74, 6) is 8.14. The fourth-order valence-corrected chi connectivity index (χ4v) is 3.38. The van der Waals surface area contributed by atoms with Gasteiger partial charge in [0.2, 0.25) is 0 Å². The molecule has 88 valence electrons. The van der Waals surface area contributed by atoms with Crippen molar-refractivity contribution in [2.24, 2.45) is 5.92 Å². The summed E-state index contributed by atoms with van der Waals surface area (Å²) in [5, 5.41) is 0. The van der Waals surface area contributed by atoms with Gasteiger partial charge in [-0.15, -0.1) is 17.7 Å². The van der Waals surface area contributed by atoms with Crippen LogP contribution in [0.5, 0.6) is 0 Å². The lowest BCUT2D eigenvalue weighted by molar-refractivity contribution is 0.630. The Morgan fingerprint density at radius 3 is 2.71 bits per heavy atom. The van der Waals surface area contributed by atoms with E-state index in [2.05, 4.69) is 49.1 Å². The van der Waals surface area contributed by atoms with E-state index in [0.717, 1.165) is 18.1 Å². The van der Waals surface area contributed by atoms with E-state index in [4.69, 9.17) is 0 Å². The largest absolute Gasteiger partial charge is 0.125 e. The highest BCUT2D eigenvalue weighted by atomic mass is 32.2. The average Bonchev–Trinajstić information content (AvgIpc) is 2.69. The van der Waals surface area contributed by atoms with Crippen LogP contribution in [0.15, 0.2) is 40.8 Å². The van der Waals surface area contributed by atoms with E-state index < -0.39 is 0 Å². The first-order valence-electron chi connectivity index (χ1n) is 6.11. The minimum Gasteiger partial charge on any atom is -0.125 e. The van der Waals surface area contributed by atoms with Gasteiger partial charge in [0.1, 0.15) is 0 Å². The van der Waals surface area contributed by atoms with E-state index in [-0.39, 0.29) is 0 Å². The SMILES string of the molecule is CC#CC1=C(SCc2ccccc2)CC(C)C1. The molecule has 0 aliphatic heterocycles. The van der Waals surface area contributed by atoms with E-state index >= 15 is 0 Å². The monoisotopic (exact) mass is 242 g/mol. The van der Waals surface area contributed by atoms with Crippen LogP contribution in [0, 0.1) is 17.8 Å². The van der Waals surface area contributed by atoms with E-state index in [1.54, 1.807) is 0 Å². The molecular weight excluding hydrogens is 224 g/mol. The smallest absolute Gasteiger partial charge is 0.0229 e. The van der Waals surface area contributed by atoms with Gasteiger partial charge in [-0.3, -0.25) is 0 Å². The molecule has 0 bridgehead atoms. The lowest BCUT2D eigenvalue weighted by Gasteiger charge is -2.04. The van der Waals surface area contributed by atoms with Gasteiger partial charge in [-0.25, -0.2) is 0 Å². The highest BCUT2D eigenvalue weighted by Crippen LogP contribution is 2.38. The van der Waals surface area contributed by atoms with Gasteiger partial charge in [0.15, 0.2) is 0 Å². The van der Waals surface area contributed by atoms with Crippen molar-refractivity contribution in [3.05, 3.63) is 46.4 Å². The number of benzene rings is 1. The second kappa shape index (κ2) is 5.98. The number of rotatable bonds is 3. The van der Waals surface area contributed by atoms with Crippen LogP contribution in [0.3, 0.4) is 0 Å². The first-order valence-corrected chi connectivity index (χ1v) is 7.09. The maximum atomic E-state index is 3.27. The summed E-state index contributed by atoms with van der Waals surface area (Å²) in [5.41, 5.74) is 2.77. The van der Waals surface area contributed by atoms with E-state index in [1.165, 1.54) is 22.5 Å². The topological polar surface area (TPSA) is 0 Å². The number of allylic oxidation sites excluding steroid dienone is 2. The Bertz CT molecular complexity index is 459. The molecule has 0 nitrogen and oxygen atoms in total. The third kappa shape index (κ3) is 3.41. The molecule has 0 spiro atoms. The minimum atomic E-state index is 0.768. The molecule has 0 saturated heterocycles. The molecule has 1 aromatic carbocycles. The summed E-state index contributed by atoms with van der Waals surface area (Å²) in [6, 6.07) is 10.7. The number of thioether (sulfide) groups is 1. The third-order valence-corrected chi connectivity index (χ3v) is 4.19. The van der Waals surface area contributed by atoms with Gasteiger partial charge in [-0.1, -0.05) is 43.2 Å². The summed E-state index contributed by atoms with van der Waals surface area (Å²) < 4.78 is 0. The molecule has 1 unspecified atom stereocenters. The Kier molecular flexibility index (Phi) is 4.34. The molecule has 0 saturated carbocycles. The Morgan fingerprint density at radius 1 is 1.24 bits per heavy atom. The van der Waals surface area contributed by atoms with Crippen molar-refractivity contribution in [3.63, 3.8) is 0 Å². The van der Waals surface area contributed by atoms with Gasteiger partial charge in [0.25, 0.3) is 0 Å². The van der Waals surface area contributed by atoms with Crippen molar-refractivity contribution < 1.29 is 0 Å². The second-order valence-electron chi connectivity index (χ2n) is 4.56. The zero-order chi connectivity index (χ0) is 12.1. The van der Waals surface area contributed by atoms with Crippen LogP contribution in [0.1, 0.15) is 32.3 Å². The Morgan fingerprint density at radius 2 is 2.00 bits per heavy atom. The van der Waals surface area contributed by atoms with Crippen molar-refractivity contribution in [2.75, 3.05) is 0 Å². The van der Waals surface area contributed by atoms with E-state index in [0.29, 0.717) is 0 Å². The zero-order valence-electron chi connectivity index (χ0n) is 10.5. The van der Waals surface area contributed by atoms with E-state index in [9.17, 15) is 0 Å².